The lowest BCUT2D eigenvalue weighted by Gasteiger charge is -2.15. The molecule has 0 aliphatic carbocycles. The molecule has 0 radical (unpaired) electrons. The van der Waals surface area contributed by atoms with E-state index in [1.165, 1.54) is 4.80 Å². The molecule has 0 bridgehead atoms. The summed E-state index contributed by atoms with van der Waals surface area (Å²) in [7, 11) is 0. The fourth-order valence-corrected chi connectivity index (χ4v) is 2.98. The Morgan fingerprint density at radius 1 is 1.22 bits per heavy atom. The number of nitrogens with zero attached hydrogens (tertiary/aromatic N) is 4. The standard InChI is InChI=1S/C18H17Cl2N5O2/c1-12(15-8-7-13(19)9-16(15)20)21-18(26)10-25-23-17(22-24-25)11-27-14-5-3-2-4-6-14/h2-9,12H,10-11H2,1H3,(H,21,26). The van der Waals surface area contributed by atoms with Gasteiger partial charge < -0.3 is 10.1 Å². The second-order valence-electron chi connectivity index (χ2n) is 5.79. The number of para-hydroxylation sites is 1. The van der Waals surface area contributed by atoms with Gasteiger partial charge in [-0.1, -0.05) is 47.5 Å². The van der Waals surface area contributed by atoms with E-state index in [9.17, 15) is 4.79 Å². The molecule has 0 spiro atoms. The van der Waals surface area contributed by atoms with Crippen molar-refractivity contribution in [3.8, 4) is 5.75 Å². The number of tetrazole rings is 1. The second kappa shape index (κ2) is 8.83. The number of aromatic nitrogens is 4. The summed E-state index contributed by atoms with van der Waals surface area (Å²) in [6, 6.07) is 14.2. The molecule has 27 heavy (non-hydrogen) atoms. The molecule has 9 heteroatoms. The number of benzene rings is 2. The molecule has 3 aromatic rings. The van der Waals surface area contributed by atoms with Crippen LogP contribution in [0.2, 0.25) is 10.0 Å². The Morgan fingerprint density at radius 3 is 2.74 bits per heavy atom. The van der Waals surface area contributed by atoms with E-state index in [2.05, 4.69) is 20.7 Å². The fourth-order valence-electron chi connectivity index (χ4n) is 2.41. The first kappa shape index (κ1) is 19.1. The summed E-state index contributed by atoms with van der Waals surface area (Å²) >= 11 is 12.1. The van der Waals surface area contributed by atoms with Gasteiger partial charge in [-0.25, -0.2) is 0 Å². The van der Waals surface area contributed by atoms with Gasteiger partial charge in [0.2, 0.25) is 11.7 Å². The Morgan fingerprint density at radius 2 is 2.00 bits per heavy atom. The van der Waals surface area contributed by atoms with Gasteiger partial charge in [-0.3, -0.25) is 4.79 Å². The third kappa shape index (κ3) is 5.42. The van der Waals surface area contributed by atoms with Crippen molar-refractivity contribution < 1.29 is 9.53 Å². The molecule has 2 aromatic carbocycles. The maximum absolute atomic E-state index is 12.2. The zero-order valence-corrected chi connectivity index (χ0v) is 16.0. The zero-order chi connectivity index (χ0) is 19.2. The van der Waals surface area contributed by atoms with Crippen LogP contribution in [-0.4, -0.2) is 26.1 Å². The normalized spacial score (nSPS) is 11.8. The molecule has 1 amide bonds. The number of hydrogen-bond acceptors (Lipinski definition) is 5. The highest BCUT2D eigenvalue weighted by Crippen LogP contribution is 2.26. The van der Waals surface area contributed by atoms with Crippen LogP contribution < -0.4 is 10.1 Å². The van der Waals surface area contributed by atoms with Gasteiger partial charge in [0.25, 0.3) is 0 Å². The van der Waals surface area contributed by atoms with Gasteiger partial charge in [0.15, 0.2) is 6.61 Å². The molecule has 1 N–H and O–H groups in total. The smallest absolute Gasteiger partial charge is 0.244 e. The van der Waals surface area contributed by atoms with Gasteiger partial charge in [0.1, 0.15) is 12.3 Å². The first-order valence-electron chi connectivity index (χ1n) is 8.20. The summed E-state index contributed by atoms with van der Waals surface area (Å²) in [5, 5.41) is 15.8. The number of carbonyl (C=O) groups excluding carboxylic acids is 1. The molecule has 3 rings (SSSR count). The Bertz CT molecular complexity index is 917. The molecule has 0 saturated carbocycles. The number of carbonyl (C=O) groups is 1. The Hall–Kier alpha value is -2.64. The van der Waals surface area contributed by atoms with E-state index in [0.29, 0.717) is 21.6 Å². The lowest BCUT2D eigenvalue weighted by molar-refractivity contribution is -0.122. The topological polar surface area (TPSA) is 81.9 Å². The Labute approximate surface area is 166 Å². The van der Waals surface area contributed by atoms with Crippen LogP contribution >= 0.6 is 23.2 Å². The van der Waals surface area contributed by atoms with E-state index in [0.717, 1.165) is 5.56 Å². The summed E-state index contributed by atoms with van der Waals surface area (Å²) in [5.41, 5.74) is 0.776. The van der Waals surface area contributed by atoms with E-state index >= 15 is 0 Å². The number of amides is 1. The Kier molecular flexibility index (Phi) is 6.26. The predicted molar refractivity (Wildman–Crippen MR) is 102 cm³/mol. The minimum Gasteiger partial charge on any atom is -0.485 e. The van der Waals surface area contributed by atoms with Gasteiger partial charge >= 0.3 is 0 Å². The predicted octanol–water partition coefficient (Wildman–Crippen LogP) is 3.44. The lowest BCUT2D eigenvalue weighted by Crippen LogP contribution is -2.31. The highest BCUT2D eigenvalue weighted by atomic mass is 35.5. The van der Waals surface area contributed by atoms with Crippen molar-refractivity contribution in [1.82, 2.24) is 25.5 Å². The van der Waals surface area contributed by atoms with Crippen LogP contribution in [0, 0.1) is 0 Å². The van der Waals surface area contributed by atoms with Crippen LogP contribution in [-0.2, 0) is 17.9 Å². The summed E-state index contributed by atoms with van der Waals surface area (Å²) in [4.78, 5) is 13.4. The van der Waals surface area contributed by atoms with Crippen molar-refractivity contribution in [1.29, 1.82) is 0 Å². The molecule has 7 nitrogen and oxygen atoms in total. The maximum Gasteiger partial charge on any atom is 0.244 e. The summed E-state index contributed by atoms with van der Waals surface area (Å²) in [6.07, 6.45) is 0. The van der Waals surface area contributed by atoms with E-state index in [1.807, 2.05) is 37.3 Å². The van der Waals surface area contributed by atoms with E-state index < -0.39 is 0 Å². The van der Waals surface area contributed by atoms with Gasteiger partial charge in [-0.2, -0.15) is 4.80 Å². The zero-order valence-electron chi connectivity index (χ0n) is 14.5. The molecule has 1 unspecified atom stereocenters. The van der Waals surface area contributed by atoms with Crippen LogP contribution in [0.15, 0.2) is 48.5 Å². The average molecular weight is 406 g/mol. The molecule has 1 heterocycles. The molecule has 0 saturated heterocycles. The number of ether oxygens (including phenoxy) is 1. The van der Waals surface area contributed by atoms with Crippen molar-refractivity contribution in [2.75, 3.05) is 0 Å². The Balaban J connectivity index is 1.53. The molecule has 0 aliphatic heterocycles. The van der Waals surface area contributed by atoms with E-state index in [4.69, 9.17) is 27.9 Å². The van der Waals surface area contributed by atoms with Crippen LogP contribution in [0.1, 0.15) is 24.4 Å². The quantitative estimate of drug-likeness (QED) is 0.650. The van der Waals surface area contributed by atoms with Crippen molar-refractivity contribution in [3.05, 3.63) is 70.0 Å². The van der Waals surface area contributed by atoms with Gasteiger partial charge in [-0.15, -0.1) is 10.2 Å². The van der Waals surface area contributed by atoms with Gasteiger partial charge in [0, 0.05) is 10.0 Å². The van der Waals surface area contributed by atoms with Crippen molar-refractivity contribution in [3.63, 3.8) is 0 Å². The molecule has 1 aromatic heterocycles. The van der Waals surface area contributed by atoms with Crippen LogP contribution in [0.5, 0.6) is 5.75 Å². The van der Waals surface area contributed by atoms with Crippen LogP contribution in [0.4, 0.5) is 0 Å². The third-order valence-corrected chi connectivity index (χ3v) is 4.26. The molecule has 0 fully saturated rings. The number of hydrogen-bond donors (Lipinski definition) is 1. The minimum atomic E-state index is -0.285. The van der Waals surface area contributed by atoms with Gasteiger partial charge in [-0.05, 0) is 42.0 Å². The first-order chi connectivity index (χ1) is 13.0. The molecule has 0 aliphatic rings. The number of rotatable bonds is 7. The summed E-state index contributed by atoms with van der Waals surface area (Å²) in [5.74, 6) is 0.835. The lowest BCUT2D eigenvalue weighted by atomic mass is 10.1. The third-order valence-electron chi connectivity index (χ3n) is 3.70. The van der Waals surface area contributed by atoms with Gasteiger partial charge in [0.05, 0.1) is 6.04 Å². The monoisotopic (exact) mass is 405 g/mol. The molecule has 140 valence electrons. The number of nitrogens with one attached hydrogen (secondary N) is 1. The summed E-state index contributed by atoms with van der Waals surface area (Å²) < 4.78 is 5.55. The van der Waals surface area contributed by atoms with E-state index in [1.54, 1.807) is 18.2 Å². The minimum absolute atomic E-state index is 0.0616. The molecule has 1 atom stereocenters. The fraction of sp³-hybridized carbons (Fsp3) is 0.222. The molecular formula is C18H17Cl2N5O2. The second-order valence-corrected chi connectivity index (χ2v) is 6.64. The largest absolute Gasteiger partial charge is 0.485 e. The first-order valence-corrected chi connectivity index (χ1v) is 8.95. The number of halogens is 2. The van der Waals surface area contributed by atoms with Crippen molar-refractivity contribution >= 4 is 29.1 Å². The van der Waals surface area contributed by atoms with E-state index in [-0.39, 0.29) is 25.1 Å². The highest BCUT2D eigenvalue weighted by molar-refractivity contribution is 6.35. The van der Waals surface area contributed by atoms with Crippen LogP contribution in [0.25, 0.3) is 0 Å². The highest BCUT2D eigenvalue weighted by Gasteiger charge is 2.14. The SMILES string of the molecule is CC(NC(=O)Cn1nnc(COc2ccccc2)n1)c1ccc(Cl)cc1Cl. The van der Waals surface area contributed by atoms with Crippen LogP contribution in [0.3, 0.4) is 0 Å². The average Bonchev–Trinajstić information content (AvgIpc) is 3.08. The summed E-state index contributed by atoms with van der Waals surface area (Å²) in [6.45, 7) is 1.94. The molecular weight excluding hydrogens is 389 g/mol. The van der Waals surface area contributed by atoms with Crippen molar-refractivity contribution in [2.45, 2.75) is 26.1 Å². The van der Waals surface area contributed by atoms with Crippen molar-refractivity contribution in [2.24, 2.45) is 0 Å². The maximum atomic E-state index is 12.2.